The van der Waals surface area contributed by atoms with Crippen LogP contribution in [0.3, 0.4) is 0 Å². The molecule has 71 valence electrons. The van der Waals surface area contributed by atoms with Gasteiger partial charge in [0, 0.05) is 23.3 Å². The van der Waals surface area contributed by atoms with Gasteiger partial charge in [0.1, 0.15) is 0 Å². The standard InChI is InChI=1S/C14H10N/c1-2-7-13(8-3-1)15-11-10-12-6-4-5-9-14(12)15/h1-9,11H. The van der Waals surface area contributed by atoms with E-state index in [2.05, 4.69) is 41.0 Å². The van der Waals surface area contributed by atoms with Crippen molar-refractivity contribution in [3.05, 3.63) is 66.9 Å². The lowest BCUT2D eigenvalue weighted by Gasteiger charge is -2.04. The number of rotatable bonds is 1. The van der Waals surface area contributed by atoms with Crippen LogP contribution in [0.2, 0.25) is 0 Å². The maximum Gasteiger partial charge on any atom is 0.0534 e. The van der Waals surface area contributed by atoms with Gasteiger partial charge >= 0.3 is 0 Å². The van der Waals surface area contributed by atoms with Gasteiger partial charge in [-0.15, -0.1) is 0 Å². The molecule has 1 heteroatoms. The summed E-state index contributed by atoms with van der Waals surface area (Å²) in [6.07, 6.45) is 1.99. The highest BCUT2D eigenvalue weighted by Crippen LogP contribution is 2.18. The Labute approximate surface area is 88.6 Å². The van der Waals surface area contributed by atoms with Gasteiger partial charge < -0.3 is 4.57 Å². The first-order chi connectivity index (χ1) is 7.45. The Kier molecular flexibility index (Phi) is 1.82. The van der Waals surface area contributed by atoms with E-state index in [0.29, 0.717) is 0 Å². The first-order valence-corrected chi connectivity index (χ1v) is 4.98. The molecule has 0 spiro atoms. The zero-order chi connectivity index (χ0) is 10.1. The van der Waals surface area contributed by atoms with Crippen LogP contribution in [0.15, 0.2) is 60.8 Å². The van der Waals surface area contributed by atoms with Gasteiger partial charge in [0.25, 0.3) is 0 Å². The van der Waals surface area contributed by atoms with E-state index in [1.807, 2.05) is 30.5 Å². The molecule has 1 aromatic heterocycles. The molecule has 0 bridgehead atoms. The fourth-order valence-electron chi connectivity index (χ4n) is 1.81. The van der Waals surface area contributed by atoms with E-state index in [4.69, 9.17) is 0 Å². The van der Waals surface area contributed by atoms with E-state index >= 15 is 0 Å². The van der Waals surface area contributed by atoms with Gasteiger partial charge in [-0.3, -0.25) is 0 Å². The molecule has 1 radical (unpaired) electrons. The summed E-state index contributed by atoms with van der Waals surface area (Å²) < 4.78 is 2.15. The van der Waals surface area contributed by atoms with E-state index in [-0.39, 0.29) is 0 Å². The molecule has 0 aliphatic rings. The molecule has 1 heterocycles. The summed E-state index contributed by atoms with van der Waals surface area (Å²) >= 11 is 0. The average Bonchev–Trinajstić information content (AvgIpc) is 2.74. The van der Waals surface area contributed by atoms with Gasteiger partial charge in [0.15, 0.2) is 0 Å². The number of nitrogens with zero attached hydrogens (tertiary/aromatic N) is 1. The van der Waals surface area contributed by atoms with Crippen LogP contribution < -0.4 is 0 Å². The third-order valence-electron chi connectivity index (χ3n) is 2.55. The Morgan fingerprint density at radius 2 is 1.53 bits per heavy atom. The second kappa shape index (κ2) is 3.28. The second-order valence-corrected chi connectivity index (χ2v) is 3.50. The first-order valence-electron chi connectivity index (χ1n) is 4.98. The molecule has 15 heavy (non-hydrogen) atoms. The highest BCUT2D eigenvalue weighted by atomic mass is 15.0. The number of fused-ring (bicyclic) bond motifs is 1. The Morgan fingerprint density at radius 3 is 2.40 bits per heavy atom. The van der Waals surface area contributed by atoms with Gasteiger partial charge in [-0.2, -0.15) is 0 Å². The number of aromatic nitrogens is 1. The van der Waals surface area contributed by atoms with E-state index in [0.717, 1.165) is 5.39 Å². The van der Waals surface area contributed by atoms with E-state index in [1.165, 1.54) is 11.2 Å². The topological polar surface area (TPSA) is 4.93 Å². The van der Waals surface area contributed by atoms with Crippen molar-refractivity contribution in [2.24, 2.45) is 0 Å². The van der Waals surface area contributed by atoms with E-state index < -0.39 is 0 Å². The Balaban J connectivity index is 2.28. The van der Waals surface area contributed by atoms with Crippen molar-refractivity contribution in [2.45, 2.75) is 0 Å². The van der Waals surface area contributed by atoms with Gasteiger partial charge in [-0.25, -0.2) is 0 Å². The molecule has 0 saturated carbocycles. The van der Waals surface area contributed by atoms with Crippen LogP contribution in [0.25, 0.3) is 16.6 Å². The van der Waals surface area contributed by atoms with Crippen LogP contribution in [0.1, 0.15) is 0 Å². The summed E-state index contributed by atoms with van der Waals surface area (Å²) in [6.45, 7) is 0. The van der Waals surface area contributed by atoms with Gasteiger partial charge in [-0.05, 0) is 18.2 Å². The number of hydrogen-bond donors (Lipinski definition) is 0. The van der Waals surface area contributed by atoms with Gasteiger partial charge in [0.05, 0.1) is 5.52 Å². The third-order valence-corrected chi connectivity index (χ3v) is 2.55. The molecule has 0 N–H and O–H groups in total. The van der Waals surface area contributed by atoms with E-state index in [9.17, 15) is 0 Å². The molecule has 0 fully saturated rings. The van der Waals surface area contributed by atoms with Crippen LogP contribution >= 0.6 is 0 Å². The second-order valence-electron chi connectivity index (χ2n) is 3.50. The van der Waals surface area contributed by atoms with Gasteiger partial charge in [0.2, 0.25) is 0 Å². The molecule has 0 saturated heterocycles. The smallest absolute Gasteiger partial charge is 0.0534 e. The molecule has 3 rings (SSSR count). The van der Waals surface area contributed by atoms with Gasteiger partial charge in [-0.1, -0.05) is 36.4 Å². The van der Waals surface area contributed by atoms with Crippen molar-refractivity contribution in [1.82, 2.24) is 4.57 Å². The highest BCUT2D eigenvalue weighted by Gasteiger charge is 2.00. The van der Waals surface area contributed by atoms with Crippen LogP contribution in [0, 0.1) is 6.07 Å². The monoisotopic (exact) mass is 192 g/mol. The van der Waals surface area contributed by atoms with Crippen LogP contribution in [-0.2, 0) is 0 Å². The summed E-state index contributed by atoms with van der Waals surface area (Å²) in [5.74, 6) is 0. The fraction of sp³-hybridized carbons (Fsp3) is 0. The maximum atomic E-state index is 3.25. The minimum absolute atomic E-state index is 1.15. The molecule has 0 aliphatic carbocycles. The maximum absolute atomic E-state index is 3.25. The van der Waals surface area contributed by atoms with Crippen molar-refractivity contribution in [2.75, 3.05) is 0 Å². The molecule has 0 amide bonds. The zero-order valence-electron chi connectivity index (χ0n) is 8.22. The summed E-state index contributed by atoms with van der Waals surface area (Å²) in [4.78, 5) is 0. The molecule has 0 unspecified atom stereocenters. The fourth-order valence-corrected chi connectivity index (χ4v) is 1.81. The Morgan fingerprint density at radius 1 is 0.800 bits per heavy atom. The Hall–Kier alpha value is -2.02. The van der Waals surface area contributed by atoms with Crippen LogP contribution in [0.5, 0.6) is 0 Å². The quantitative estimate of drug-likeness (QED) is 0.556. The predicted molar refractivity (Wildman–Crippen MR) is 62.1 cm³/mol. The summed E-state index contributed by atoms with van der Waals surface area (Å²) in [7, 11) is 0. The third kappa shape index (κ3) is 1.33. The molecule has 3 aromatic rings. The van der Waals surface area contributed by atoms with Crippen LogP contribution in [-0.4, -0.2) is 4.57 Å². The lowest BCUT2D eigenvalue weighted by atomic mass is 10.2. The summed E-state index contributed by atoms with van der Waals surface area (Å²) in [6, 6.07) is 21.8. The van der Waals surface area contributed by atoms with Crippen molar-refractivity contribution < 1.29 is 0 Å². The summed E-state index contributed by atoms with van der Waals surface area (Å²) in [5, 5.41) is 1.15. The highest BCUT2D eigenvalue weighted by molar-refractivity contribution is 5.81. The van der Waals surface area contributed by atoms with Crippen LogP contribution in [0.4, 0.5) is 0 Å². The number of hydrogen-bond acceptors (Lipinski definition) is 0. The van der Waals surface area contributed by atoms with Crippen molar-refractivity contribution in [1.29, 1.82) is 0 Å². The molecular formula is C14H10N. The normalized spacial score (nSPS) is 10.7. The lowest BCUT2D eigenvalue weighted by Crippen LogP contribution is -1.89. The molecule has 0 aliphatic heterocycles. The number of para-hydroxylation sites is 2. The largest absolute Gasteiger partial charge is 0.316 e. The molecule has 1 nitrogen and oxygen atoms in total. The summed E-state index contributed by atoms with van der Waals surface area (Å²) in [5.41, 5.74) is 2.37. The van der Waals surface area contributed by atoms with Crippen molar-refractivity contribution in [3.8, 4) is 5.69 Å². The minimum atomic E-state index is 1.15. The van der Waals surface area contributed by atoms with Crippen molar-refractivity contribution in [3.63, 3.8) is 0 Å². The lowest BCUT2D eigenvalue weighted by molar-refractivity contribution is 1.13. The SMILES string of the molecule is [c]1cn(-c2ccccc2)c2ccccc12. The first kappa shape index (κ1) is 8.30. The average molecular weight is 192 g/mol. The zero-order valence-corrected chi connectivity index (χ0v) is 8.22. The van der Waals surface area contributed by atoms with Crippen molar-refractivity contribution >= 4 is 10.9 Å². The minimum Gasteiger partial charge on any atom is -0.316 e. The molecule has 2 aromatic carbocycles. The van der Waals surface area contributed by atoms with E-state index in [1.54, 1.807) is 0 Å². The Bertz CT molecular complexity index is 578. The molecule has 0 atom stereocenters. The molecular weight excluding hydrogens is 182 g/mol. The number of benzene rings is 2. The predicted octanol–water partition coefficient (Wildman–Crippen LogP) is 3.43.